The zero-order valence-electron chi connectivity index (χ0n) is 15.8. The predicted molar refractivity (Wildman–Crippen MR) is 106 cm³/mol. The molecule has 9 nitrogen and oxygen atoms in total. The van der Waals surface area contributed by atoms with Crippen molar-refractivity contribution in [1.82, 2.24) is 0 Å². The van der Waals surface area contributed by atoms with Gasteiger partial charge in [-0.05, 0) is 41.0 Å². The lowest BCUT2D eigenvalue weighted by Crippen LogP contribution is -2.18. The van der Waals surface area contributed by atoms with E-state index in [0.29, 0.717) is 30.0 Å². The van der Waals surface area contributed by atoms with Crippen molar-refractivity contribution in [3.63, 3.8) is 0 Å². The number of aliphatic hydroxyl groups is 2. The summed E-state index contributed by atoms with van der Waals surface area (Å²) in [7, 11) is 0. The second kappa shape index (κ2) is 10.3. The van der Waals surface area contributed by atoms with Gasteiger partial charge in [0.2, 0.25) is 0 Å². The fraction of sp³-hybridized carbons (Fsp3) is 0.190. The Morgan fingerprint density at radius 1 is 0.967 bits per heavy atom. The van der Waals surface area contributed by atoms with E-state index in [1.165, 1.54) is 30.4 Å². The minimum Gasteiger partial charge on any atom is -0.492 e. The number of nitrogens with two attached hydrogens (primary N) is 1. The first-order valence-corrected chi connectivity index (χ1v) is 8.85. The standard InChI is InChI=1S/C21H21NO8/c22-8-9-30-14-3-1-2-13(11-14)17(23)7-5-12-4-6-15(18(24)20(26)27)16(10-12)19(25)21(28)29/h1-7,10-11,18-19,24-25H,8-9,22H2,(H,26,27)(H,28,29)/b7-5+. The molecule has 0 saturated carbocycles. The van der Waals surface area contributed by atoms with Crippen LogP contribution in [0.4, 0.5) is 0 Å². The number of carbonyl (C=O) groups excluding carboxylic acids is 1. The Kier molecular flexibility index (Phi) is 7.82. The summed E-state index contributed by atoms with van der Waals surface area (Å²) in [5.74, 6) is -3.08. The van der Waals surface area contributed by atoms with E-state index in [0.717, 1.165) is 0 Å². The lowest BCUT2D eigenvalue weighted by Gasteiger charge is -2.15. The Morgan fingerprint density at radius 2 is 1.63 bits per heavy atom. The molecule has 0 radical (unpaired) electrons. The molecule has 0 fully saturated rings. The monoisotopic (exact) mass is 415 g/mol. The summed E-state index contributed by atoms with van der Waals surface area (Å²) >= 11 is 0. The molecule has 0 heterocycles. The van der Waals surface area contributed by atoms with Crippen molar-refractivity contribution in [2.45, 2.75) is 12.2 Å². The van der Waals surface area contributed by atoms with Gasteiger partial charge in [0.15, 0.2) is 18.0 Å². The van der Waals surface area contributed by atoms with E-state index in [4.69, 9.17) is 20.7 Å². The molecule has 0 aromatic heterocycles. The SMILES string of the molecule is NCCOc1cccc(C(=O)/C=C/c2ccc(C(O)C(=O)O)c(C(O)C(=O)O)c2)c1. The molecule has 0 aliphatic carbocycles. The minimum absolute atomic E-state index is 0.259. The molecule has 6 N–H and O–H groups in total. The first kappa shape index (κ1) is 22.8. The molecule has 2 rings (SSSR count). The van der Waals surface area contributed by atoms with Gasteiger partial charge >= 0.3 is 11.9 Å². The van der Waals surface area contributed by atoms with E-state index in [-0.39, 0.29) is 16.9 Å². The average molecular weight is 415 g/mol. The molecule has 0 spiro atoms. The highest BCUT2D eigenvalue weighted by Crippen LogP contribution is 2.27. The van der Waals surface area contributed by atoms with E-state index < -0.39 is 24.1 Å². The number of aliphatic carboxylic acids is 2. The van der Waals surface area contributed by atoms with Gasteiger partial charge in [-0.1, -0.05) is 30.3 Å². The van der Waals surface area contributed by atoms with Gasteiger partial charge in [-0.2, -0.15) is 0 Å². The van der Waals surface area contributed by atoms with Gasteiger partial charge in [-0.25, -0.2) is 9.59 Å². The molecule has 0 amide bonds. The number of aliphatic hydroxyl groups excluding tert-OH is 2. The first-order valence-electron chi connectivity index (χ1n) is 8.85. The number of ether oxygens (including phenoxy) is 1. The first-order chi connectivity index (χ1) is 14.2. The summed E-state index contributed by atoms with van der Waals surface area (Å²) in [6, 6.07) is 10.3. The molecular formula is C21H21NO8. The van der Waals surface area contributed by atoms with Gasteiger partial charge in [-0.15, -0.1) is 0 Å². The summed E-state index contributed by atoms with van der Waals surface area (Å²) in [5.41, 5.74) is 5.51. The molecule has 30 heavy (non-hydrogen) atoms. The van der Waals surface area contributed by atoms with E-state index in [1.807, 2.05) is 0 Å². The summed E-state index contributed by atoms with van der Waals surface area (Å²) in [4.78, 5) is 34.6. The van der Waals surface area contributed by atoms with Crippen molar-refractivity contribution in [3.8, 4) is 5.75 Å². The van der Waals surface area contributed by atoms with Crippen molar-refractivity contribution in [2.24, 2.45) is 5.73 Å². The van der Waals surface area contributed by atoms with Crippen molar-refractivity contribution in [1.29, 1.82) is 0 Å². The van der Waals surface area contributed by atoms with Crippen LogP contribution >= 0.6 is 0 Å². The van der Waals surface area contributed by atoms with Crippen molar-refractivity contribution >= 4 is 23.8 Å². The van der Waals surface area contributed by atoms with Crippen LogP contribution in [-0.2, 0) is 9.59 Å². The van der Waals surface area contributed by atoms with Crippen LogP contribution in [0.3, 0.4) is 0 Å². The number of ketones is 1. The van der Waals surface area contributed by atoms with Gasteiger partial charge in [-0.3, -0.25) is 4.79 Å². The zero-order valence-corrected chi connectivity index (χ0v) is 15.8. The van der Waals surface area contributed by atoms with Gasteiger partial charge in [0.05, 0.1) is 0 Å². The Balaban J connectivity index is 2.30. The zero-order chi connectivity index (χ0) is 22.3. The number of carboxylic acid groups (broad SMARTS) is 2. The number of hydrogen-bond acceptors (Lipinski definition) is 7. The highest BCUT2D eigenvalue weighted by Gasteiger charge is 2.26. The van der Waals surface area contributed by atoms with E-state index in [9.17, 15) is 24.6 Å². The summed E-state index contributed by atoms with van der Waals surface area (Å²) < 4.78 is 5.37. The molecule has 2 atom stereocenters. The van der Waals surface area contributed by atoms with Crippen LogP contribution < -0.4 is 10.5 Å². The van der Waals surface area contributed by atoms with E-state index >= 15 is 0 Å². The topological polar surface area (TPSA) is 167 Å². The second-order valence-corrected chi connectivity index (χ2v) is 6.23. The molecule has 0 aliphatic heterocycles. The fourth-order valence-electron chi connectivity index (χ4n) is 2.63. The maximum absolute atomic E-state index is 12.4. The van der Waals surface area contributed by atoms with Crippen LogP contribution in [-0.4, -0.2) is 51.3 Å². The van der Waals surface area contributed by atoms with E-state index in [1.54, 1.807) is 24.3 Å². The lowest BCUT2D eigenvalue weighted by molar-refractivity contribution is -0.149. The van der Waals surface area contributed by atoms with Gasteiger partial charge in [0.1, 0.15) is 12.4 Å². The number of hydrogen-bond donors (Lipinski definition) is 5. The lowest BCUT2D eigenvalue weighted by atomic mass is 9.95. The third-order valence-electron chi connectivity index (χ3n) is 4.10. The number of benzene rings is 2. The van der Waals surface area contributed by atoms with Crippen LogP contribution in [0.15, 0.2) is 48.5 Å². The number of carboxylic acids is 2. The molecule has 158 valence electrons. The Labute approximate surface area is 171 Å². The molecule has 2 aromatic rings. The minimum atomic E-state index is -2.05. The van der Waals surface area contributed by atoms with Crippen molar-refractivity contribution in [2.75, 3.05) is 13.2 Å². The predicted octanol–water partition coefficient (Wildman–Crippen LogP) is 1.16. The largest absolute Gasteiger partial charge is 0.492 e. The number of allylic oxidation sites excluding steroid dienone is 1. The number of carbonyl (C=O) groups is 3. The van der Waals surface area contributed by atoms with Crippen molar-refractivity contribution in [3.05, 3.63) is 70.8 Å². The highest BCUT2D eigenvalue weighted by atomic mass is 16.5. The maximum atomic E-state index is 12.4. The molecule has 2 aromatic carbocycles. The van der Waals surface area contributed by atoms with Gasteiger partial charge < -0.3 is 30.9 Å². The van der Waals surface area contributed by atoms with Crippen LogP contribution in [0.5, 0.6) is 5.75 Å². The Bertz CT molecular complexity index is 969. The van der Waals surface area contributed by atoms with Gasteiger partial charge in [0.25, 0.3) is 0 Å². The quantitative estimate of drug-likeness (QED) is 0.282. The van der Waals surface area contributed by atoms with E-state index in [2.05, 4.69) is 0 Å². The highest BCUT2D eigenvalue weighted by molar-refractivity contribution is 6.07. The van der Waals surface area contributed by atoms with Crippen molar-refractivity contribution < 1.29 is 39.5 Å². The Hall–Kier alpha value is -3.53. The maximum Gasteiger partial charge on any atom is 0.337 e. The molecule has 0 saturated heterocycles. The smallest absolute Gasteiger partial charge is 0.337 e. The Morgan fingerprint density at radius 3 is 2.27 bits per heavy atom. The molecular weight excluding hydrogens is 394 g/mol. The molecule has 0 aliphatic rings. The fourth-order valence-corrected chi connectivity index (χ4v) is 2.63. The van der Waals surface area contributed by atoms with Crippen LogP contribution in [0, 0.1) is 0 Å². The summed E-state index contributed by atoms with van der Waals surface area (Å²) in [6.45, 7) is 0.631. The third kappa shape index (κ3) is 5.74. The summed E-state index contributed by atoms with van der Waals surface area (Å²) in [5, 5.41) is 37.7. The molecule has 2 unspecified atom stereocenters. The summed E-state index contributed by atoms with van der Waals surface area (Å²) in [6.07, 6.45) is -1.44. The van der Waals surface area contributed by atoms with Gasteiger partial charge in [0, 0.05) is 12.1 Å². The molecule has 9 heteroatoms. The average Bonchev–Trinajstić information content (AvgIpc) is 2.74. The van der Waals surface area contributed by atoms with Crippen LogP contribution in [0.25, 0.3) is 6.08 Å². The second-order valence-electron chi connectivity index (χ2n) is 6.23. The normalized spacial score (nSPS) is 13.0. The third-order valence-corrected chi connectivity index (χ3v) is 4.10. The van der Waals surface area contributed by atoms with Crippen LogP contribution in [0.1, 0.15) is 39.3 Å². The number of rotatable bonds is 10. The molecule has 0 bridgehead atoms. The van der Waals surface area contributed by atoms with Crippen LogP contribution in [0.2, 0.25) is 0 Å².